The topological polar surface area (TPSA) is 53.1 Å². The molecule has 2 aliphatic rings. The smallest absolute Gasteiger partial charge is 0.410 e. The standard InChI is InChI=1S/C17H31N3O3/c1-17(2,3)23-16(22)20-10-6-14(7-11-20)15(21)19-9-5-8-18(4)12-13-19/h14H,5-13H2,1-4H3. The second-order valence-electron chi connectivity index (χ2n) is 7.72. The summed E-state index contributed by atoms with van der Waals surface area (Å²) in [5, 5.41) is 0. The molecule has 2 saturated heterocycles. The van der Waals surface area contributed by atoms with E-state index in [2.05, 4.69) is 11.9 Å². The Morgan fingerprint density at radius 1 is 0.913 bits per heavy atom. The molecule has 2 rings (SSSR count). The first-order chi connectivity index (χ1) is 10.8. The van der Waals surface area contributed by atoms with Crippen LogP contribution in [0.3, 0.4) is 0 Å². The molecule has 0 saturated carbocycles. The molecular weight excluding hydrogens is 294 g/mol. The maximum absolute atomic E-state index is 12.7. The highest BCUT2D eigenvalue weighted by Gasteiger charge is 2.32. The van der Waals surface area contributed by atoms with E-state index in [-0.39, 0.29) is 17.9 Å². The van der Waals surface area contributed by atoms with Gasteiger partial charge in [0.15, 0.2) is 0 Å². The van der Waals surface area contributed by atoms with Crippen molar-refractivity contribution in [2.75, 3.05) is 46.3 Å². The summed E-state index contributed by atoms with van der Waals surface area (Å²) in [6, 6.07) is 0. The molecule has 0 aromatic carbocycles. The predicted octanol–water partition coefficient (Wildman–Crippen LogP) is 1.80. The van der Waals surface area contributed by atoms with Gasteiger partial charge in [0.2, 0.25) is 5.91 Å². The third kappa shape index (κ3) is 5.37. The Morgan fingerprint density at radius 3 is 2.17 bits per heavy atom. The monoisotopic (exact) mass is 325 g/mol. The molecule has 132 valence electrons. The van der Waals surface area contributed by atoms with E-state index in [1.54, 1.807) is 4.90 Å². The van der Waals surface area contributed by atoms with Crippen molar-refractivity contribution >= 4 is 12.0 Å². The van der Waals surface area contributed by atoms with Crippen molar-refractivity contribution in [3.05, 3.63) is 0 Å². The van der Waals surface area contributed by atoms with Crippen molar-refractivity contribution in [1.82, 2.24) is 14.7 Å². The number of nitrogens with zero attached hydrogens (tertiary/aromatic N) is 3. The Morgan fingerprint density at radius 2 is 1.57 bits per heavy atom. The minimum absolute atomic E-state index is 0.0529. The fourth-order valence-electron chi connectivity index (χ4n) is 3.16. The number of amides is 2. The molecule has 0 aromatic heterocycles. The number of piperidine rings is 1. The number of carbonyl (C=O) groups is 2. The lowest BCUT2D eigenvalue weighted by Gasteiger charge is -2.34. The molecule has 2 heterocycles. The normalized spacial score (nSPS) is 21.9. The number of hydrogen-bond acceptors (Lipinski definition) is 4. The zero-order valence-corrected chi connectivity index (χ0v) is 15.0. The fraction of sp³-hybridized carbons (Fsp3) is 0.882. The lowest BCUT2D eigenvalue weighted by atomic mass is 9.95. The van der Waals surface area contributed by atoms with E-state index < -0.39 is 5.60 Å². The number of carbonyl (C=O) groups excluding carboxylic acids is 2. The predicted molar refractivity (Wildman–Crippen MR) is 89.2 cm³/mol. The van der Waals surface area contributed by atoms with Crippen molar-refractivity contribution in [2.45, 2.75) is 45.6 Å². The Bertz CT molecular complexity index is 425. The number of hydrogen-bond donors (Lipinski definition) is 0. The Labute approximate surface area is 139 Å². The molecule has 2 fully saturated rings. The molecule has 0 spiro atoms. The highest BCUT2D eigenvalue weighted by molar-refractivity contribution is 5.79. The zero-order valence-electron chi connectivity index (χ0n) is 15.0. The van der Waals surface area contributed by atoms with Crippen LogP contribution in [0.25, 0.3) is 0 Å². The maximum atomic E-state index is 12.7. The molecule has 0 radical (unpaired) electrons. The summed E-state index contributed by atoms with van der Waals surface area (Å²) in [7, 11) is 2.10. The van der Waals surface area contributed by atoms with Crippen LogP contribution in [0.15, 0.2) is 0 Å². The van der Waals surface area contributed by atoms with Crippen LogP contribution < -0.4 is 0 Å². The van der Waals surface area contributed by atoms with Gasteiger partial charge >= 0.3 is 6.09 Å². The van der Waals surface area contributed by atoms with Gasteiger partial charge in [-0.3, -0.25) is 4.79 Å². The van der Waals surface area contributed by atoms with Gasteiger partial charge in [-0.1, -0.05) is 0 Å². The Kier molecular flexibility index (Phi) is 5.89. The molecule has 0 N–H and O–H groups in total. The van der Waals surface area contributed by atoms with Crippen LogP contribution in [-0.2, 0) is 9.53 Å². The molecule has 0 atom stereocenters. The molecule has 6 heteroatoms. The van der Waals surface area contributed by atoms with Gasteiger partial charge in [-0.05, 0) is 53.6 Å². The Balaban J connectivity index is 1.81. The minimum Gasteiger partial charge on any atom is -0.444 e. The fourth-order valence-corrected chi connectivity index (χ4v) is 3.16. The summed E-state index contributed by atoms with van der Waals surface area (Å²) in [5.41, 5.74) is -0.470. The van der Waals surface area contributed by atoms with E-state index in [1.165, 1.54) is 0 Å². The van der Waals surface area contributed by atoms with E-state index in [0.29, 0.717) is 13.1 Å². The molecule has 6 nitrogen and oxygen atoms in total. The number of rotatable bonds is 1. The summed E-state index contributed by atoms with van der Waals surface area (Å²) in [4.78, 5) is 30.8. The van der Waals surface area contributed by atoms with Crippen molar-refractivity contribution in [3.8, 4) is 0 Å². The van der Waals surface area contributed by atoms with Gasteiger partial charge in [0.05, 0.1) is 0 Å². The van der Waals surface area contributed by atoms with E-state index in [1.807, 2.05) is 25.7 Å². The number of likely N-dealkylation sites (tertiary alicyclic amines) is 1. The second-order valence-corrected chi connectivity index (χ2v) is 7.72. The first-order valence-corrected chi connectivity index (χ1v) is 8.71. The highest BCUT2D eigenvalue weighted by atomic mass is 16.6. The van der Waals surface area contributed by atoms with E-state index >= 15 is 0 Å². The first-order valence-electron chi connectivity index (χ1n) is 8.71. The second kappa shape index (κ2) is 7.51. The van der Waals surface area contributed by atoms with E-state index in [9.17, 15) is 9.59 Å². The van der Waals surface area contributed by atoms with Crippen LogP contribution in [0.1, 0.15) is 40.0 Å². The highest BCUT2D eigenvalue weighted by Crippen LogP contribution is 2.22. The first kappa shape index (κ1) is 18.0. The minimum atomic E-state index is -0.470. The number of ether oxygens (including phenoxy) is 1. The van der Waals surface area contributed by atoms with Crippen LogP contribution in [0.5, 0.6) is 0 Å². The molecule has 23 heavy (non-hydrogen) atoms. The summed E-state index contributed by atoms with van der Waals surface area (Å²) in [6.07, 6.45) is 2.26. The quantitative estimate of drug-likeness (QED) is 0.738. The van der Waals surface area contributed by atoms with Crippen LogP contribution >= 0.6 is 0 Å². The third-order valence-corrected chi connectivity index (χ3v) is 4.53. The van der Waals surface area contributed by atoms with Gasteiger partial charge in [-0.25, -0.2) is 4.79 Å². The molecule has 2 aliphatic heterocycles. The van der Waals surface area contributed by atoms with Gasteiger partial charge < -0.3 is 19.4 Å². The van der Waals surface area contributed by atoms with Crippen molar-refractivity contribution in [2.24, 2.45) is 5.92 Å². The third-order valence-electron chi connectivity index (χ3n) is 4.53. The summed E-state index contributed by atoms with van der Waals surface area (Å²) in [6.45, 7) is 10.5. The van der Waals surface area contributed by atoms with E-state index in [0.717, 1.165) is 45.4 Å². The van der Waals surface area contributed by atoms with Crippen LogP contribution in [0.4, 0.5) is 4.79 Å². The van der Waals surface area contributed by atoms with Crippen LogP contribution in [-0.4, -0.2) is 78.6 Å². The maximum Gasteiger partial charge on any atom is 0.410 e. The lowest BCUT2D eigenvalue weighted by molar-refractivity contribution is -0.137. The average molecular weight is 325 g/mol. The van der Waals surface area contributed by atoms with Crippen LogP contribution in [0.2, 0.25) is 0 Å². The van der Waals surface area contributed by atoms with Crippen molar-refractivity contribution in [1.29, 1.82) is 0 Å². The van der Waals surface area contributed by atoms with E-state index in [4.69, 9.17) is 4.74 Å². The van der Waals surface area contributed by atoms with Gasteiger partial charge in [0.1, 0.15) is 5.60 Å². The SMILES string of the molecule is CN1CCCN(C(=O)C2CCN(C(=O)OC(C)(C)C)CC2)CC1. The molecular formula is C17H31N3O3. The largest absolute Gasteiger partial charge is 0.444 e. The zero-order chi connectivity index (χ0) is 17.0. The summed E-state index contributed by atoms with van der Waals surface area (Å²) >= 11 is 0. The molecule has 0 aromatic rings. The average Bonchev–Trinajstić information content (AvgIpc) is 2.70. The van der Waals surface area contributed by atoms with Crippen molar-refractivity contribution in [3.63, 3.8) is 0 Å². The summed E-state index contributed by atoms with van der Waals surface area (Å²) < 4.78 is 5.40. The van der Waals surface area contributed by atoms with Gasteiger partial charge in [-0.15, -0.1) is 0 Å². The molecule has 0 unspecified atom stereocenters. The van der Waals surface area contributed by atoms with Gasteiger partial charge in [0.25, 0.3) is 0 Å². The van der Waals surface area contributed by atoms with Gasteiger partial charge in [-0.2, -0.15) is 0 Å². The Hall–Kier alpha value is -1.30. The van der Waals surface area contributed by atoms with Crippen LogP contribution in [0, 0.1) is 5.92 Å². The van der Waals surface area contributed by atoms with Crippen molar-refractivity contribution < 1.29 is 14.3 Å². The van der Waals surface area contributed by atoms with Gasteiger partial charge in [0, 0.05) is 38.6 Å². The lowest BCUT2D eigenvalue weighted by Crippen LogP contribution is -2.46. The molecule has 0 aliphatic carbocycles. The molecule has 2 amide bonds. The summed E-state index contributed by atoms with van der Waals surface area (Å²) in [5.74, 6) is 0.321. The number of likely N-dealkylation sites (N-methyl/N-ethyl adjacent to an activating group) is 1. The molecule has 0 bridgehead atoms.